The monoisotopic (exact) mass is 234 g/mol. The zero-order chi connectivity index (χ0) is 12.5. The van der Waals surface area contributed by atoms with Gasteiger partial charge in [0.1, 0.15) is 6.10 Å². The third kappa shape index (κ3) is 4.22. The Morgan fingerprint density at radius 2 is 1.71 bits per heavy atom. The van der Waals surface area contributed by atoms with Crippen LogP contribution in [-0.4, -0.2) is 6.47 Å². The van der Waals surface area contributed by atoms with Crippen molar-refractivity contribution in [2.45, 2.75) is 45.6 Å². The summed E-state index contributed by atoms with van der Waals surface area (Å²) in [7, 11) is 0. The van der Waals surface area contributed by atoms with Crippen LogP contribution in [0, 0.1) is 5.92 Å². The van der Waals surface area contributed by atoms with Crippen molar-refractivity contribution in [1.82, 2.24) is 0 Å². The molecule has 0 fully saturated rings. The maximum atomic E-state index is 10.7. The van der Waals surface area contributed by atoms with Crippen molar-refractivity contribution in [2.24, 2.45) is 5.92 Å². The lowest BCUT2D eigenvalue weighted by Gasteiger charge is -2.25. The lowest BCUT2D eigenvalue weighted by molar-refractivity contribution is -0.137. The zero-order valence-electron chi connectivity index (χ0n) is 10.8. The number of ether oxygens (including phenoxy) is 1. The number of carbonyl (C=O) groups is 1. The van der Waals surface area contributed by atoms with Gasteiger partial charge in [0.25, 0.3) is 6.47 Å². The Morgan fingerprint density at radius 1 is 1.12 bits per heavy atom. The molecule has 1 rings (SSSR count). The van der Waals surface area contributed by atoms with Gasteiger partial charge in [0.05, 0.1) is 0 Å². The summed E-state index contributed by atoms with van der Waals surface area (Å²) in [5.41, 5.74) is 1.10. The molecule has 2 heteroatoms. The molecule has 0 aromatic heterocycles. The lowest BCUT2D eigenvalue weighted by Crippen LogP contribution is -2.16. The summed E-state index contributed by atoms with van der Waals surface area (Å²) >= 11 is 0. The van der Waals surface area contributed by atoms with E-state index < -0.39 is 0 Å². The number of benzene rings is 1. The van der Waals surface area contributed by atoms with Gasteiger partial charge in [-0.3, -0.25) is 4.79 Å². The molecule has 0 spiro atoms. The predicted octanol–water partition coefficient (Wildman–Crippen LogP) is 4.12. The molecule has 0 aliphatic carbocycles. The highest BCUT2D eigenvalue weighted by Gasteiger charge is 2.22. The molecule has 0 saturated carbocycles. The van der Waals surface area contributed by atoms with Crippen LogP contribution in [0.2, 0.25) is 0 Å². The highest BCUT2D eigenvalue weighted by Crippen LogP contribution is 2.32. The number of hydrogen-bond donors (Lipinski definition) is 0. The SMILES string of the molecule is CCCC(CCC)C(OC=O)c1ccccc1. The minimum absolute atomic E-state index is 0.0893. The quantitative estimate of drug-likeness (QED) is 0.632. The molecule has 0 aliphatic heterocycles. The largest absolute Gasteiger partial charge is 0.459 e. The van der Waals surface area contributed by atoms with Gasteiger partial charge in [0, 0.05) is 5.92 Å². The van der Waals surface area contributed by atoms with E-state index in [4.69, 9.17) is 4.74 Å². The maximum absolute atomic E-state index is 10.7. The standard InChI is InChI=1S/C15H22O2/c1-3-8-13(9-4-2)15(17-12-16)14-10-6-5-7-11-14/h5-7,10-13,15H,3-4,8-9H2,1-2H3. The molecular weight excluding hydrogens is 212 g/mol. The van der Waals surface area contributed by atoms with Crippen molar-refractivity contribution in [3.63, 3.8) is 0 Å². The fourth-order valence-electron chi connectivity index (χ4n) is 2.35. The van der Waals surface area contributed by atoms with Gasteiger partial charge in [-0.2, -0.15) is 0 Å². The third-order valence-electron chi connectivity index (χ3n) is 3.08. The Bertz CT molecular complexity index is 302. The lowest BCUT2D eigenvalue weighted by atomic mass is 9.88. The highest BCUT2D eigenvalue weighted by atomic mass is 16.5. The number of rotatable bonds is 8. The molecule has 0 heterocycles. The average molecular weight is 234 g/mol. The normalized spacial score (nSPS) is 12.4. The molecule has 0 radical (unpaired) electrons. The van der Waals surface area contributed by atoms with Crippen molar-refractivity contribution in [1.29, 1.82) is 0 Å². The molecule has 0 aliphatic rings. The van der Waals surface area contributed by atoms with Gasteiger partial charge in [-0.1, -0.05) is 57.0 Å². The third-order valence-corrected chi connectivity index (χ3v) is 3.08. The van der Waals surface area contributed by atoms with Crippen LogP contribution in [0.5, 0.6) is 0 Å². The van der Waals surface area contributed by atoms with Crippen LogP contribution in [-0.2, 0) is 9.53 Å². The average Bonchev–Trinajstić information content (AvgIpc) is 2.37. The summed E-state index contributed by atoms with van der Waals surface area (Å²) in [5.74, 6) is 0.428. The summed E-state index contributed by atoms with van der Waals surface area (Å²) in [6.45, 7) is 4.92. The van der Waals surface area contributed by atoms with Crippen LogP contribution in [0.4, 0.5) is 0 Å². The molecule has 1 aromatic carbocycles. The van der Waals surface area contributed by atoms with Gasteiger partial charge in [-0.25, -0.2) is 0 Å². The van der Waals surface area contributed by atoms with E-state index >= 15 is 0 Å². The first-order chi connectivity index (χ1) is 8.33. The Labute approximate surface area is 104 Å². The van der Waals surface area contributed by atoms with Crippen LogP contribution in [0.15, 0.2) is 30.3 Å². The van der Waals surface area contributed by atoms with E-state index in [-0.39, 0.29) is 6.10 Å². The van der Waals surface area contributed by atoms with Crippen LogP contribution < -0.4 is 0 Å². The minimum Gasteiger partial charge on any atom is -0.459 e. The van der Waals surface area contributed by atoms with Gasteiger partial charge in [0.15, 0.2) is 0 Å². The van der Waals surface area contributed by atoms with E-state index in [1.807, 2.05) is 30.3 Å². The summed E-state index contributed by atoms with van der Waals surface area (Å²) in [4.78, 5) is 10.7. The molecule has 1 aromatic rings. The number of carbonyl (C=O) groups excluding carboxylic acids is 1. The van der Waals surface area contributed by atoms with Crippen LogP contribution >= 0.6 is 0 Å². The van der Waals surface area contributed by atoms with E-state index in [1.54, 1.807) is 0 Å². The van der Waals surface area contributed by atoms with Crippen LogP contribution in [0.1, 0.15) is 51.2 Å². The second-order valence-electron chi connectivity index (χ2n) is 4.40. The first-order valence-electron chi connectivity index (χ1n) is 6.47. The molecule has 0 saturated heterocycles. The first kappa shape index (κ1) is 13.8. The van der Waals surface area contributed by atoms with E-state index in [2.05, 4.69) is 13.8 Å². The van der Waals surface area contributed by atoms with Crippen LogP contribution in [0.3, 0.4) is 0 Å². The molecule has 1 unspecified atom stereocenters. The fraction of sp³-hybridized carbons (Fsp3) is 0.533. The van der Waals surface area contributed by atoms with E-state index in [0.29, 0.717) is 12.4 Å². The van der Waals surface area contributed by atoms with E-state index in [1.165, 1.54) is 0 Å². The van der Waals surface area contributed by atoms with Crippen LogP contribution in [0.25, 0.3) is 0 Å². The van der Waals surface area contributed by atoms with Gasteiger partial charge in [-0.15, -0.1) is 0 Å². The van der Waals surface area contributed by atoms with Gasteiger partial charge in [-0.05, 0) is 18.4 Å². The maximum Gasteiger partial charge on any atom is 0.293 e. The minimum atomic E-state index is -0.0893. The second kappa shape index (κ2) is 7.88. The van der Waals surface area contributed by atoms with Crippen molar-refractivity contribution in [2.75, 3.05) is 0 Å². The summed E-state index contributed by atoms with van der Waals surface area (Å²) < 4.78 is 5.31. The molecule has 0 amide bonds. The topological polar surface area (TPSA) is 26.3 Å². The molecule has 0 bridgehead atoms. The Balaban J connectivity index is 2.85. The van der Waals surface area contributed by atoms with Gasteiger partial charge < -0.3 is 4.74 Å². The Kier molecular flexibility index (Phi) is 6.38. The van der Waals surface area contributed by atoms with Crippen molar-refractivity contribution >= 4 is 6.47 Å². The zero-order valence-corrected chi connectivity index (χ0v) is 10.8. The Hall–Kier alpha value is -1.31. The molecular formula is C15H22O2. The van der Waals surface area contributed by atoms with E-state index in [9.17, 15) is 4.79 Å². The highest BCUT2D eigenvalue weighted by molar-refractivity contribution is 5.38. The smallest absolute Gasteiger partial charge is 0.293 e. The molecule has 1 atom stereocenters. The summed E-state index contributed by atoms with van der Waals surface area (Å²) in [6.07, 6.45) is 4.35. The summed E-state index contributed by atoms with van der Waals surface area (Å²) in [6, 6.07) is 10.0. The predicted molar refractivity (Wildman–Crippen MR) is 69.6 cm³/mol. The molecule has 17 heavy (non-hydrogen) atoms. The fourth-order valence-corrected chi connectivity index (χ4v) is 2.35. The molecule has 2 nitrogen and oxygen atoms in total. The number of hydrogen-bond acceptors (Lipinski definition) is 2. The first-order valence-corrected chi connectivity index (χ1v) is 6.47. The molecule has 0 N–H and O–H groups in total. The van der Waals surface area contributed by atoms with E-state index in [0.717, 1.165) is 31.2 Å². The van der Waals surface area contributed by atoms with Crippen molar-refractivity contribution in [3.8, 4) is 0 Å². The van der Waals surface area contributed by atoms with Crippen molar-refractivity contribution in [3.05, 3.63) is 35.9 Å². The Morgan fingerprint density at radius 3 is 2.18 bits per heavy atom. The van der Waals surface area contributed by atoms with Gasteiger partial charge in [0.2, 0.25) is 0 Å². The second-order valence-corrected chi connectivity index (χ2v) is 4.40. The summed E-state index contributed by atoms with van der Waals surface area (Å²) in [5, 5.41) is 0. The molecule has 94 valence electrons. The van der Waals surface area contributed by atoms with Crippen molar-refractivity contribution < 1.29 is 9.53 Å². The van der Waals surface area contributed by atoms with Gasteiger partial charge >= 0.3 is 0 Å².